The maximum atomic E-state index is 13.6. The Labute approximate surface area is 226 Å². The number of nitrogens with one attached hydrogen (secondary N) is 2. The zero-order valence-electron chi connectivity index (χ0n) is 21.4. The predicted octanol–water partition coefficient (Wildman–Crippen LogP) is 5.02. The Morgan fingerprint density at radius 2 is 1.69 bits per heavy atom. The van der Waals surface area contributed by atoms with E-state index in [-0.39, 0.29) is 24.9 Å². The highest BCUT2D eigenvalue weighted by molar-refractivity contribution is 6.04. The van der Waals surface area contributed by atoms with Gasteiger partial charge in [-0.2, -0.15) is 0 Å². The molecule has 8 nitrogen and oxygen atoms in total. The summed E-state index contributed by atoms with van der Waals surface area (Å²) in [7, 11) is 0. The van der Waals surface area contributed by atoms with E-state index in [9.17, 15) is 14.4 Å². The Morgan fingerprint density at radius 3 is 2.44 bits per heavy atom. The number of aromatic nitrogens is 1. The van der Waals surface area contributed by atoms with Gasteiger partial charge in [0.25, 0.3) is 5.91 Å². The van der Waals surface area contributed by atoms with Crippen LogP contribution in [-0.4, -0.2) is 33.8 Å². The minimum atomic E-state index is -0.928. The minimum absolute atomic E-state index is 0.210. The summed E-state index contributed by atoms with van der Waals surface area (Å²) in [5.74, 6) is -0.621. The molecule has 196 valence electrons. The molecule has 0 radical (unpaired) electrons. The van der Waals surface area contributed by atoms with E-state index in [2.05, 4.69) is 15.6 Å². The van der Waals surface area contributed by atoms with Gasteiger partial charge in [-0.25, -0.2) is 4.79 Å². The molecule has 0 spiro atoms. The third-order valence-electron chi connectivity index (χ3n) is 6.51. The second kappa shape index (κ2) is 11.6. The first-order valence-corrected chi connectivity index (χ1v) is 12.6. The fourth-order valence-corrected chi connectivity index (χ4v) is 4.47. The summed E-state index contributed by atoms with van der Waals surface area (Å²) >= 11 is 0. The number of pyridine rings is 1. The highest BCUT2D eigenvalue weighted by atomic mass is 16.6. The van der Waals surface area contributed by atoms with Crippen LogP contribution in [0.1, 0.15) is 38.8 Å². The fraction of sp³-hybridized carbons (Fsp3) is 0.161. The Morgan fingerprint density at radius 1 is 0.923 bits per heavy atom. The van der Waals surface area contributed by atoms with Crippen molar-refractivity contribution < 1.29 is 19.1 Å². The molecule has 2 atom stereocenters. The van der Waals surface area contributed by atoms with Crippen molar-refractivity contribution in [1.82, 2.24) is 15.2 Å². The quantitative estimate of drug-likeness (QED) is 0.340. The van der Waals surface area contributed by atoms with E-state index in [4.69, 9.17) is 4.74 Å². The average Bonchev–Trinajstić information content (AvgIpc) is 3.29. The second-order valence-corrected chi connectivity index (χ2v) is 9.35. The van der Waals surface area contributed by atoms with Crippen LogP contribution in [0.3, 0.4) is 0 Å². The molecule has 3 amide bonds. The van der Waals surface area contributed by atoms with Crippen molar-refractivity contribution in [2.24, 2.45) is 0 Å². The molecule has 1 fully saturated rings. The van der Waals surface area contributed by atoms with E-state index in [0.717, 1.165) is 11.1 Å². The number of benzene rings is 3. The maximum absolute atomic E-state index is 13.6. The topological polar surface area (TPSA) is 101 Å². The molecular weight excluding hydrogens is 492 g/mol. The van der Waals surface area contributed by atoms with Crippen molar-refractivity contribution in [3.8, 4) is 0 Å². The molecule has 5 rings (SSSR count). The largest absolute Gasteiger partial charge is 0.438 e. The summed E-state index contributed by atoms with van der Waals surface area (Å²) in [4.78, 5) is 45.1. The molecule has 4 aromatic rings. The predicted molar refractivity (Wildman–Crippen MR) is 147 cm³/mol. The molecule has 3 aromatic carbocycles. The number of carbonyl (C=O) groups is 3. The van der Waals surface area contributed by atoms with Crippen molar-refractivity contribution in [2.75, 3.05) is 5.32 Å². The number of anilines is 1. The molecule has 0 bridgehead atoms. The molecule has 1 aliphatic rings. The zero-order valence-corrected chi connectivity index (χ0v) is 21.4. The van der Waals surface area contributed by atoms with Crippen LogP contribution in [0.4, 0.5) is 10.5 Å². The van der Waals surface area contributed by atoms with Crippen LogP contribution < -0.4 is 10.6 Å². The minimum Gasteiger partial charge on any atom is -0.438 e. The molecule has 0 aliphatic carbocycles. The first-order valence-electron chi connectivity index (χ1n) is 12.6. The zero-order chi connectivity index (χ0) is 27.2. The van der Waals surface area contributed by atoms with E-state index in [1.165, 1.54) is 4.90 Å². The van der Waals surface area contributed by atoms with Gasteiger partial charge >= 0.3 is 6.09 Å². The lowest BCUT2D eigenvalue weighted by Gasteiger charge is -2.24. The summed E-state index contributed by atoms with van der Waals surface area (Å²) in [5, 5.41) is 5.79. The number of ether oxygens (including phenoxy) is 1. The number of hydrogen-bond acceptors (Lipinski definition) is 5. The number of amides is 3. The van der Waals surface area contributed by atoms with Crippen molar-refractivity contribution in [2.45, 2.75) is 32.2 Å². The van der Waals surface area contributed by atoms with E-state index in [1.807, 2.05) is 49.4 Å². The molecule has 39 heavy (non-hydrogen) atoms. The lowest BCUT2D eigenvalue weighted by Crippen LogP contribution is -2.46. The van der Waals surface area contributed by atoms with E-state index in [0.29, 0.717) is 22.5 Å². The third-order valence-corrected chi connectivity index (χ3v) is 6.51. The summed E-state index contributed by atoms with van der Waals surface area (Å²) in [5.41, 5.74) is 4.32. The van der Waals surface area contributed by atoms with Gasteiger partial charge in [-0.3, -0.25) is 19.5 Å². The van der Waals surface area contributed by atoms with Gasteiger partial charge in [0.2, 0.25) is 5.91 Å². The Kier molecular flexibility index (Phi) is 7.63. The highest BCUT2D eigenvalue weighted by Crippen LogP contribution is 2.35. The van der Waals surface area contributed by atoms with E-state index >= 15 is 0 Å². The van der Waals surface area contributed by atoms with Gasteiger partial charge in [0, 0.05) is 17.4 Å². The lowest BCUT2D eigenvalue weighted by molar-refractivity contribution is -0.126. The number of cyclic esters (lactones) is 1. The SMILES string of the molecule is Cc1ccc(CN2C(=O)OC(c3cccc(NC(=O)c4ccccc4)c3)C2C(=O)NCc2ccccn2)cc1. The van der Waals surface area contributed by atoms with Crippen molar-refractivity contribution in [3.05, 3.63) is 131 Å². The Balaban J connectivity index is 1.40. The Hall–Kier alpha value is -4.98. The van der Waals surface area contributed by atoms with Gasteiger partial charge in [0.05, 0.1) is 18.8 Å². The van der Waals surface area contributed by atoms with Crippen LogP contribution in [0.25, 0.3) is 0 Å². The standard InChI is InChI=1S/C31H28N4O4/c1-21-13-15-22(16-14-21)20-35-27(30(37)33-19-26-11-5-6-17-32-26)28(39-31(35)38)24-10-7-12-25(18-24)34-29(36)23-8-3-2-4-9-23/h2-18,27-28H,19-20H2,1H3,(H,33,37)(H,34,36). The molecule has 1 saturated heterocycles. The van der Waals surface area contributed by atoms with Gasteiger partial charge in [0.15, 0.2) is 12.1 Å². The fourth-order valence-electron chi connectivity index (χ4n) is 4.47. The van der Waals surface area contributed by atoms with Crippen molar-refractivity contribution in [1.29, 1.82) is 0 Å². The molecule has 2 heterocycles. The number of rotatable bonds is 8. The second-order valence-electron chi connectivity index (χ2n) is 9.35. The first kappa shape index (κ1) is 25.7. The third kappa shape index (κ3) is 6.13. The summed E-state index contributed by atoms with van der Waals surface area (Å²) in [6, 6.07) is 28.2. The normalized spacial score (nSPS) is 16.4. The highest BCUT2D eigenvalue weighted by Gasteiger charge is 2.47. The molecule has 1 aromatic heterocycles. The number of hydrogen-bond donors (Lipinski definition) is 2. The van der Waals surface area contributed by atoms with Crippen LogP contribution in [0.5, 0.6) is 0 Å². The maximum Gasteiger partial charge on any atom is 0.411 e. The van der Waals surface area contributed by atoms with E-state index in [1.54, 1.807) is 60.8 Å². The van der Waals surface area contributed by atoms with E-state index < -0.39 is 18.2 Å². The van der Waals surface area contributed by atoms with Gasteiger partial charge in [-0.1, -0.05) is 66.2 Å². The van der Waals surface area contributed by atoms with Crippen LogP contribution in [0, 0.1) is 6.92 Å². The molecule has 8 heteroatoms. The summed E-state index contributed by atoms with van der Waals surface area (Å²) < 4.78 is 5.78. The van der Waals surface area contributed by atoms with Gasteiger partial charge in [-0.15, -0.1) is 0 Å². The van der Waals surface area contributed by atoms with Gasteiger partial charge in [-0.05, 0) is 54.4 Å². The van der Waals surface area contributed by atoms with Crippen molar-refractivity contribution in [3.63, 3.8) is 0 Å². The number of nitrogens with zero attached hydrogens (tertiary/aromatic N) is 2. The smallest absolute Gasteiger partial charge is 0.411 e. The Bertz CT molecular complexity index is 1460. The number of carbonyl (C=O) groups excluding carboxylic acids is 3. The molecule has 0 saturated carbocycles. The van der Waals surface area contributed by atoms with Crippen LogP contribution in [0.2, 0.25) is 0 Å². The first-order chi connectivity index (χ1) is 19.0. The lowest BCUT2D eigenvalue weighted by atomic mass is 10.00. The molecule has 2 N–H and O–H groups in total. The monoisotopic (exact) mass is 520 g/mol. The van der Waals surface area contributed by atoms with Crippen LogP contribution >= 0.6 is 0 Å². The van der Waals surface area contributed by atoms with Crippen molar-refractivity contribution >= 4 is 23.6 Å². The van der Waals surface area contributed by atoms with Gasteiger partial charge < -0.3 is 15.4 Å². The van der Waals surface area contributed by atoms with Crippen LogP contribution in [-0.2, 0) is 22.6 Å². The molecule has 1 aliphatic heterocycles. The molecular formula is C31H28N4O4. The summed E-state index contributed by atoms with van der Waals surface area (Å²) in [6.07, 6.45) is 0.198. The van der Waals surface area contributed by atoms with Crippen LogP contribution in [0.15, 0.2) is 103 Å². The summed E-state index contributed by atoms with van der Waals surface area (Å²) in [6.45, 7) is 2.41. The molecule has 2 unspecified atom stereocenters. The average molecular weight is 521 g/mol. The number of aryl methyl sites for hydroxylation is 1. The van der Waals surface area contributed by atoms with Gasteiger partial charge in [0.1, 0.15) is 0 Å².